The van der Waals surface area contributed by atoms with Crippen LogP contribution < -0.4 is 10.6 Å². The van der Waals surface area contributed by atoms with Crippen LogP contribution in [0.25, 0.3) is 0 Å². The van der Waals surface area contributed by atoms with E-state index in [-0.39, 0.29) is 30.0 Å². The van der Waals surface area contributed by atoms with Gasteiger partial charge in [0, 0.05) is 33.1 Å². The highest BCUT2D eigenvalue weighted by atomic mass is 127. The third kappa shape index (κ3) is 7.75. The number of aliphatic imine (C=N–C) groups is 1. The van der Waals surface area contributed by atoms with Crippen molar-refractivity contribution in [2.45, 2.75) is 58.5 Å². The second-order valence-electron chi connectivity index (χ2n) is 8.14. The number of nitrogens with one attached hydrogen (secondary N) is 2. The highest BCUT2D eigenvalue weighted by molar-refractivity contribution is 14.0. The zero-order chi connectivity index (χ0) is 22.1. The van der Waals surface area contributed by atoms with Crippen LogP contribution in [0, 0.1) is 6.92 Å². The lowest BCUT2D eigenvalue weighted by Crippen LogP contribution is -2.40. The molecule has 1 saturated heterocycles. The number of aromatic nitrogens is 3. The number of benzene rings is 1. The van der Waals surface area contributed by atoms with Crippen molar-refractivity contribution < 1.29 is 4.79 Å². The van der Waals surface area contributed by atoms with E-state index in [1.54, 1.807) is 0 Å². The lowest BCUT2D eigenvalue weighted by Gasteiger charge is -2.22. The van der Waals surface area contributed by atoms with Crippen molar-refractivity contribution in [2.75, 3.05) is 19.6 Å². The van der Waals surface area contributed by atoms with E-state index in [1.165, 1.54) is 5.56 Å². The van der Waals surface area contributed by atoms with Crippen LogP contribution in [0.1, 0.15) is 62.3 Å². The Labute approximate surface area is 208 Å². The second kappa shape index (κ2) is 13.4. The van der Waals surface area contributed by atoms with Crippen LogP contribution in [0.15, 0.2) is 35.3 Å². The van der Waals surface area contributed by atoms with Crippen molar-refractivity contribution in [3.05, 3.63) is 47.5 Å². The third-order valence-electron chi connectivity index (χ3n) is 5.78. The molecule has 3 rings (SSSR count). The van der Waals surface area contributed by atoms with Crippen molar-refractivity contribution in [1.29, 1.82) is 0 Å². The van der Waals surface area contributed by atoms with Crippen LogP contribution in [0.5, 0.6) is 0 Å². The number of carbonyl (C=O) groups is 1. The van der Waals surface area contributed by atoms with Gasteiger partial charge in [-0.05, 0) is 38.7 Å². The van der Waals surface area contributed by atoms with Crippen molar-refractivity contribution in [3.8, 4) is 0 Å². The number of likely N-dealkylation sites (tertiary alicyclic amines) is 1. The van der Waals surface area contributed by atoms with Gasteiger partial charge in [-0.3, -0.25) is 4.79 Å². The molecule has 0 spiro atoms. The first kappa shape index (κ1) is 26.1. The Morgan fingerprint density at radius 3 is 2.69 bits per heavy atom. The summed E-state index contributed by atoms with van der Waals surface area (Å²) in [5, 5.41) is 15.2. The molecule has 1 aliphatic rings. The first-order valence-electron chi connectivity index (χ1n) is 11.3. The Kier molecular flexibility index (Phi) is 10.9. The van der Waals surface area contributed by atoms with Gasteiger partial charge in [-0.15, -0.1) is 34.2 Å². The van der Waals surface area contributed by atoms with Gasteiger partial charge >= 0.3 is 0 Å². The SMILES string of the molecule is Cc1nnc(CN=C(NCCCN2CCCCCC2=O)NC(C)c2ccccc2)n1C.I. The van der Waals surface area contributed by atoms with Gasteiger partial charge in [-0.1, -0.05) is 36.8 Å². The van der Waals surface area contributed by atoms with Crippen LogP contribution in [0.4, 0.5) is 0 Å². The Hall–Kier alpha value is -2.17. The Morgan fingerprint density at radius 2 is 1.97 bits per heavy atom. The van der Waals surface area contributed by atoms with E-state index in [0.29, 0.717) is 18.9 Å². The molecule has 0 radical (unpaired) electrons. The molecule has 2 aromatic rings. The molecule has 1 unspecified atom stereocenters. The summed E-state index contributed by atoms with van der Waals surface area (Å²) in [6.07, 6.45) is 4.86. The number of rotatable bonds is 8. The van der Waals surface area contributed by atoms with Crippen LogP contribution in [0.2, 0.25) is 0 Å². The fourth-order valence-corrected chi connectivity index (χ4v) is 3.67. The lowest BCUT2D eigenvalue weighted by molar-refractivity contribution is -0.130. The van der Waals surface area contributed by atoms with E-state index in [4.69, 9.17) is 4.99 Å². The molecule has 9 heteroatoms. The fraction of sp³-hybridized carbons (Fsp3) is 0.565. The number of aryl methyl sites for hydroxylation is 1. The van der Waals surface area contributed by atoms with Crippen molar-refractivity contribution in [2.24, 2.45) is 12.0 Å². The molecule has 1 amide bonds. The number of carbonyl (C=O) groups excluding carboxylic acids is 1. The van der Waals surface area contributed by atoms with E-state index >= 15 is 0 Å². The zero-order valence-corrected chi connectivity index (χ0v) is 21.7. The van der Waals surface area contributed by atoms with E-state index in [9.17, 15) is 4.79 Å². The summed E-state index contributed by atoms with van der Waals surface area (Å²) >= 11 is 0. The zero-order valence-electron chi connectivity index (χ0n) is 19.4. The van der Waals surface area contributed by atoms with Crippen LogP contribution >= 0.6 is 24.0 Å². The Bertz CT molecular complexity index is 868. The summed E-state index contributed by atoms with van der Waals surface area (Å²) in [6, 6.07) is 10.4. The van der Waals surface area contributed by atoms with E-state index in [1.807, 2.05) is 41.6 Å². The van der Waals surface area contributed by atoms with Gasteiger partial charge in [0.15, 0.2) is 11.8 Å². The molecule has 2 N–H and O–H groups in total. The second-order valence-corrected chi connectivity index (χ2v) is 8.14. The van der Waals surface area contributed by atoms with Crippen LogP contribution in [-0.4, -0.2) is 51.2 Å². The molecule has 176 valence electrons. The normalized spacial score (nSPS) is 15.7. The highest BCUT2D eigenvalue weighted by Gasteiger charge is 2.16. The quantitative estimate of drug-likeness (QED) is 0.227. The molecule has 1 aromatic heterocycles. The number of nitrogens with zero attached hydrogens (tertiary/aromatic N) is 5. The van der Waals surface area contributed by atoms with Gasteiger partial charge < -0.3 is 20.1 Å². The molecule has 1 aliphatic heterocycles. The maximum absolute atomic E-state index is 12.2. The number of hydrogen-bond donors (Lipinski definition) is 2. The third-order valence-corrected chi connectivity index (χ3v) is 5.78. The van der Waals surface area contributed by atoms with Crippen LogP contribution in [-0.2, 0) is 18.4 Å². The lowest BCUT2D eigenvalue weighted by atomic mass is 10.1. The first-order chi connectivity index (χ1) is 15.0. The largest absolute Gasteiger partial charge is 0.356 e. The average molecular weight is 553 g/mol. The first-order valence-corrected chi connectivity index (χ1v) is 11.3. The summed E-state index contributed by atoms with van der Waals surface area (Å²) in [7, 11) is 1.95. The minimum atomic E-state index is 0. The van der Waals surface area contributed by atoms with Gasteiger partial charge in [0.05, 0.1) is 6.04 Å². The predicted octanol–water partition coefficient (Wildman–Crippen LogP) is 3.33. The van der Waals surface area contributed by atoms with Gasteiger partial charge in [0.25, 0.3) is 0 Å². The van der Waals surface area contributed by atoms with E-state index in [2.05, 4.69) is 39.9 Å². The molecule has 1 fully saturated rings. The summed E-state index contributed by atoms with van der Waals surface area (Å²) in [5.74, 6) is 2.72. The standard InChI is InChI=1S/C23H35N7O.HI/c1-18(20-11-6-4-7-12-20)26-23(25-17-21-28-27-19(2)29(21)3)24-14-10-16-30-15-9-5-8-13-22(30)31;/h4,6-7,11-12,18H,5,8-10,13-17H2,1-3H3,(H2,24,25,26);1H. The average Bonchev–Trinajstić information content (AvgIpc) is 2.96. The molecule has 2 heterocycles. The summed E-state index contributed by atoms with van der Waals surface area (Å²) < 4.78 is 1.95. The van der Waals surface area contributed by atoms with E-state index < -0.39 is 0 Å². The fourth-order valence-electron chi connectivity index (χ4n) is 3.67. The highest BCUT2D eigenvalue weighted by Crippen LogP contribution is 2.12. The number of amides is 1. The minimum Gasteiger partial charge on any atom is -0.356 e. The molecule has 0 bridgehead atoms. The number of hydrogen-bond acceptors (Lipinski definition) is 4. The molecular formula is C23H36IN7O. The summed E-state index contributed by atoms with van der Waals surface area (Å²) in [4.78, 5) is 18.9. The van der Waals surface area contributed by atoms with Gasteiger partial charge in [-0.2, -0.15) is 0 Å². The summed E-state index contributed by atoms with van der Waals surface area (Å²) in [6.45, 7) is 6.91. The van der Waals surface area contributed by atoms with Crippen molar-refractivity contribution in [1.82, 2.24) is 30.3 Å². The van der Waals surface area contributed by atoms with Gasteiger partial charge in [-0.25, -0.2) is 4.99 Å². The molecular weight excluding hydrogens is 517 g/mol. The molecule has 32 heavy (non-hydrogen) atoms. The topological polar surface area (TPSA) is 87.4 Å². The molecule has 8 nitrogen and oxygen atoms in total. The predicted molar refractivity (Wildman–Crippen MR) is 138 cm³/mol. The smallest absolute Gasteiger partial charge is 0.222 e. The number of halogens is 1. The Morgan fingerprint density at radius 1 is 1.19 bits per heavy atom. The maximum Gasteiger partial charge on any atom is 0.222 e. The van der Waals surface area contributed by atoms with Crippen molar-refractivity contribution >= 4 is 35.8 Å². The van der Waals surface area contributed by atoms with Crippen molar-refractivity contribution in [3.63, 3.8) is 0 Å². The van der Waals surface area contributed by atoms with Crippen LogP contribution in [0.3, 0.4) is 0 Å². The molecule has 0 saturated carbocycles. The monoisotopic (exact) mass is 553 g/mol. The summed E-state index contributed by atoms with van der Waals surface area (Å²) in [5.41, 5.74) is 1.20. The maximum atomic E-state index is 12.2. The minimum absolute atomic E-state index is 0. The Balaban J connectivity index is 0.00000363. The number of guanidine groups is 1. The van der Waals surface area contributed by atoms with Gasteiger partial charge in [0.2, 0.25) is 5.91 Å². The van der Waals surface area contributed by atoms with E-state index in [0.717, 1.165) is 62.9 Å². The molecule has 1 aromatic carbocycles. The molecule has 1 atom stereocenters. The van der Waals surface area contributed by atoms with Gasteiger partial charge in [0.1, 0.15) is 12.4 Å². The molecule has 0 aliphatic carbocycles.